The van der Waals surface area contributed by atoms with Crippen LogP contribution in [0.3, 0.4) is 0 Å². The van der Waals surface area contributed by atoms with E-state index in [2.05, 4.69) is 17.6 Å². The summed E-state index contributed by atoms with van der Waals surface area (Å²) in [4.78, 5) is 11.6. The fourth-order valence-corrected chi connectivity index (χ4v) is 3.22. The normalized spacial score (nSPS) is 17.9. The van der Waals surface area contributed by atoms with Crippen molar-refractivity contribution in [3.63, 3.8) is 0 Å². The predicted octanol–water partition coefficient (Wildman–Crippen LogP) is 1.80. The summed E-state index contributed by atoms with van der Waals surface area (Å²) in [6.45, 7) is 4.44. The van der Waals surface area contributed by atoms with Gasteiger partial charge in [0.1, 0.15) is 0 Å². The summed E-state index contributed by atoms with van der Waals surface area (Å²) in [5, 5.41) is 6.08. The molecule has 0 atom stereocenters. The molecular formula is C15H20F2N2O3S. The van der Waals surface area contributed by atoms with E-state index in [1.165, 1.54) is 12.1 Å². The second kappa shape index (κ2) is 6.92. The molecule has 1 aromatic rings. The lowest BCUT2D eigenvalue weighted by atomic mass is 9.81. The van der Waals surface area contributed by atoms with Crippen molar-refractivity contribution in [1.82, 2.24) is 10.6 Å². The fourth-order valence-electron chi connectivity index (χ4n) is 2.50. The molecule has 23 heavy (non-hydrogen) atoms. The lowest BCUT2D eigenvalue weighted by Gasteiger charge is -2.34. The maximum Gasteiger partial charge on any atom is 0.341 e. The Morgan fingerprint density at radius 2 is 1.83 bits per heavy atom. The average molecular weight is 346 g/mol. The van der Waals surface area contributed by atoms with Gasteiger partial charge in [-0.1, -0.05) is 6.92 Å². The first-order valence-electron chi connectivity index (χ1n) is 7.36. The molecule has 0 radical (unpaired) electrons. The number of benzene rings is 1. The third-order valence-corrected chi connectivity index (χ3v) is 5.56. The van der Waals surface area contributed by atoms with Crippen LogP contribution in [-0.2, 0) is 9.84 Å². The van der Waals surface area contributed by atoms with E-state index in [0.717, 1.165) is 38.1 Å². The number of halogens is 2. The van der Waals surface area contributed by atoms with Crippen LogP contribution in [-0.4, -0.2) is 39.7 Å². The SMILES string of the molecule is CC1(CNC(=O)c2ccc(S(=O)(=O)C(F)F)cc2)CCNCC1. The molecule has 0 unspecified atom stereocenters. The zero-order valence-electron chi connectivity index (χ0n) is 12.8. The quantitative estimate of drug-likeness (QED) is 0.853. The highest BCUT2D eigenvalue weighted by molar-refractivity contribution is 7.91. The van der Waals surface area contributed by atoms with Crippen LogP contribution in [0.25, 0.3) is 0 Å². The van der Waals surface area contributed by atoms with Gasteiger partial charge in [0, 0.05) is 12.1 Å². The molecule has 1 heterocycles. The van der Waals surface area contributed by atoms with Crippen LogP contribution in [0.5, 0.6) is 0 Å². The minimum atomic E-state index is -4.63. The highest BCUT2D eigenvalue weighted by Crippen LogP contribution is 2.26. The fraction of sp³-hybridized carbons (Fsp3) is 0.533. The Bertz CT molecular complexity index is 654. The predicted molar refractivity (Wildman–Crippen MR) is 82.2 cm³/mol. The molecule has 1 aromatic carbocycles. The number of amides is 1. The summed E-state index contributed by atoms with van der Waals surface area (Å²) in [6.07, 6.45) is 1.91. The van der Waals surface area contributed by atoms with Gasteiger partial charge >= 0.3 is 5.76 Å². The number of hydrogen-bond donors (Lipinski definition) is 2. The number of rotatable bonds is 5. The number of hydrogen-bond acceptors (Lipinski definition) is 4. The second-order valence-corrected chi connectivity index (χ2v) is 7.99. The van der Waals surface area contributed by atoms with E-state index in [4.69, 9.17) is 0 Å². The van der Waals surface area contributed by atoms with E-state index in [0.29, 0.717) is 6.54 Å². The van der Waals surface area contributed by atoms with E-state index in [-0.39, 0.29) is 16.9 Å². The lowest BCUT2D eigenvalue weighted by molar-refractivity contribution is 0.0922. The second-order valence-electron chi connectivity index (χ2n) is 6.07. The summed E-state index contributed by atoms with van der Waals surface area (Å²) >= 11 is 0. The first kappa shape index (κ1) is 17.8. The topological polar surface area (TPSA) is 75.3 Å². The highest BCUT2D eigenvalue weighted by atomic mass is 32.2. The summed E-state index contributed by atoms with van der Waals surface area (Å²) in [7, 11) is -4.63. The molecule has 2 N–H and O–H groups in total. The van der Waals surface area contributed by atoms with Crippen LogP contribution in [0.15, 0.2) is 29.2 Å². The lowest BCUT2D eigenvalue weighted by Crippen LogP contribution is -2.42. The van der Waals surface area contributed by atoms with E-state index in [1.54, 1.807) is 0 Å². The molecule has 8 heteroatoms. The van der Waals surface area contributed by atoms with Gasteiger partial charge in [-0.25, -0.2) is 8.42 Å². The first-order chi connectivity index (χ1) is 10.7. The Morgan fingerprint density at radius 3 is 2.35 bits per heavy atom. The number of alkyl halides is 2. The number of sulfone groups is 1. The Balaban J connectivity index is 2.00. The minimum Gasteiger partial charge on any atom is -0.351 e. The molecule has 1 aliphatic heterocycles. The van der Waals surface area contributed by atoms with Crippen molar-refractivity contribution < 1.29 is 22.0 Å². The molecule has 1 saturated heterocycles. The van der Waals surface area contributed by atoms with Crippen LogP contribution in [0.1, 0.15) is 30.1 Å². The summed E-state index contributed by atoms with van der Waals surface area (Å²) in [5.41, 5.74) is 0.274. The Hall–Kier alpha value is -1.54. The average Bonchev–Trinajstić information content (AvgIpc) is 2.53. The zero-order chi connectivity index (χ0) is 17.1. The molecule has 1 fully saturated rings. The Kier molecular flexibility index (Phi) is 5.36. The van der Waals surface area contributed by atoms with E-state index in [9.17, 15) is 22.0 Å². The molecule has 0 saturated carbocycles. The maximum atomic E-state index is 12.5. The molecular weight excluding hydrogens is 326 g/mol. The van der Waals surface area contributed by atoms with Crippen molar-refractivity contribution in [2.45, 2.75) is 30.4 Å². The molecule has 0 aromatic heterocycles. The Labute approximate surface area is 134 Å². The van der Waals surface area contributed by atoms with Gasteiger partial charge in [-0.3, -0.25) is 4.79 Å². The Morgan fingerprint density at radius 1 is 1.26 bits per heavy atom. The zero-order valence-corrected chi connectivity index (χ0v) is 13.6. The number of carbonyl (C=O) groups excluding carboxylic acids is 1. The van der Waals surface area contributed by atoms with Gasteiger partial charge in [0.15, 0.2) is 0 Å². The van der Waals surface area contributed by atoms with Crippen molar-refractivity contribution in [1.29, 1.82) is 0 Å². The van der Waals surface area contributed by atoms with Crippen LogP contribution >= 0.6 is 0 Å². The van der Waals surface area contributed by atoms with Crippen LogP contribution in [0, 0.1) is 5.41 Å². The van der Waals surface area contributed by atoms with Crippen LogP contribution in [0.2, 0.25) is 0 Å². The highest BCUT2D eigenvalue weighted by Gasteiger charge is 2.28. The van der Waals surface area contributed by atoms with Gasteiger partial charge in [0.25, 0.3) is 5.91 Å². The molecule has 2 rings (SSSR count). The van der Waals surface area contributed by atoms with Gasteiger partial charge in [-0.2, -0.15) is 8.78 Å². The van der Waals surface area contributed by atoms with E-state index in [1.807, 2.05) is 0 Å². The molecule has 0 aliphatic carbocycles. The summed E-state index contributed by atoms with van der Waals surface area (Å²) in [6, 6.07) is 4.55. The molecule has 0 spiro atoms. The number of piperidine rings is 1. The minimum absolute atomic E-state index is 0.0276. The van der Waals surface area contributed by atoms with Gasteiger partial charge in [0.2, 0.25) is 9.84 Å². The third kappa shape index (κ3) is 4.26. The summed E-state index contributed by atoms with van der Waals surface area (Å²) < 4.78 is 47.6. The number of nitrogens with one attached hydrogen (secondary N) is 2. The van der Waals surface area contributed by atoms with Crippen LogP contribution in [0.4, 0.5) is 8.78 Å². The molecule has 0 bridgehead atoms. The van der Waals surface area contributed by atoms with Gasteiger partial charge in [0.05, 0.1) is 4.90 Å². The molecule has 5 nitrogen and oxygen atoms in total. The number of carbonyl (C=O) groups is 1. The van der Waals surface area contributed by atoms with Gasteiger partial charge in [-0.15, -0.1) is 0 Å². The first-order valence-corrected chi connectivity index (χ1v) is 8.90. The van der Waals surface area contributed by atoms with Crippen molar-refractivity contribution in [2.75, 3.05) is 19.6 Å². The summed E-state index contributed by atoms with van der Waals surface area (Å²) in [5.74, 6) is -3.81. The van der Waals surface area contributed by atoms with Crippen molar-refractivity contribution >= 4 is 15.7 Å². The molecule has 1 amide bonds. The van der Waals surface area contributed by atoms with Crippen molar-refractivity contribution in [3.8, 4) is 0 Å². The smallest absolute Gasteiger partial charge is 0.341 e. The van der Waals surface area contributed by atoms with Crippen LogP contribution < -0.4 is 10.6 Å². The molecule has 1 aliphatic rings. The molecule has 128 valence electrons. The van der Waals surface area contributed by atoms with Gasteiger partial charge < -0.3 is 10.6 Å². The third-order valence-electron chi connectivity index (χ3n) is 4.17. The monoisotopic (exact) mass is 346 g/mol. The van der Waals surface area contributed by atoms with Crippen molar-refractivity contribution in [2.24, 2.45) is 5.41 Å². The maximum absolute atomic E-state index is 12.5. The van der Waals surface area contributed by atoms with E-state index < -0.39 is 20.5 Å². The standard InChI is InChI=1S/C15H20F2N2O3S/c1-15(6-8-18-9-7-15)10-19-13(20)11-2-4-12(5-3-11)23(21,22)14(16)17/h2-5,14,18H,6-10H2,1H3,(H,19,20). The van der Waals surface area contributed by atoms with E-state index >= 15 is 0 Å². The largest absolute Gasteiger partial charge is 0.351 e. The van der Waals surface area contributed by atoms with Gasteiger partial charge in [-0.05, 0) is 55.6 Å². The van der Waals surface area contributed by atoms with Crippen molar-refractivity contribution in [3.05, 3.63) is 29.8 Å².